The molecule has 0 fully saturated rings. The van der Waals surface area contributed by atoms with Crippen LogP contribution in [0.1, 0.15) is 11.1 Å². The van der Waals surface area contributed by atoms with Gasteiger partial charge in [-0.2, -0.15) is 0 Å². The summed E-state index contributed by atoms with van der Waals surface area (Å²) in [5.41, 5.74) is 3.84. The minimum absolute atomic E-state index is 0.434. The fourth-order valence-electron chi connectivity index (χ4n) is 2.36. The summed E-state index contributed by atoms with van der Waals surface area (Å²) in [5.74, 6) is -0.434. The molecular formula is C18H15BrN2O2. The Morgan fingerprint density at radius 3 is 2.52 bits per heavy atom. The fraction of sp³-hybridized carbons (Fsp3) is 0.111. The molecule has 0 atom stereocenters. The van der Waals surface area contributed by atoms with E-state index in [-0.39, 0.29) is 0 Å². The Hall–Kier alpha value is -2.40. The number of benzene rings is 2. The van der Waals surface area contributed by atoms with Gasteiger partial charge in [0.05, 0.1) is 11.3 Å². The van der Waals surface area contributed by atoms with Crippen LogP contribution < -0.4 is 4.90 Å². The summed E-state index contributed by atoms with van der Waals surface area (Å²) in [6.07, 6.45) is 1.80. The normalized spacial score (nSPS) is 15.5. The molecule has 0 aromatic heterocycles. The highest BCUT2D eigenvalue weighted by Gasteiger charge is 2.26. The molecule has 0 amide bonds. The second-order valence-electron chi connectivity index (χ2n) is 5.35. The number of nitrogens with zero attached hydrogens (tertiary/aromatic N) is 2. The first kappa shape index (κ1) is 15.5. The Kier molecular flexibility index (Phi) is 4.30. The number of oxime groups is 1. The lowest BCUT2D eigenvalue weighted by molar-refractivity contribution is -0.136. The minimum Gasteiger partial charge on any atom is -0.377 e. The molecule has 116 valence electrons. The lowest BCUT2D eigenvalue weighted by Gasteiger charge is -2.14. The van der Waals surface area contributed by atoms with Gasteiger partial charge in [0.1, 0.15) is 5.71 Å². The summed E-state index contributed by atoms with van der Waals surface area (Å²) in [4.78, 5) is 18.9. The number of halogens is 1. The molecule has 0 unspecified atom stereocenters. The van der Waals surface area contributed by atoms with Crippen molar-refractivity contribution in [3.05, 3.63) is 69.7 Å². The first-order valence-electron chi connectivity index (χ1n) is 7.10. The smallest absolute Gasteiger partial charge is 0.368 e. The molecule has 0 aliphatic carbocycles. The Bertz CT molecular complexity index is 811. The summed E-state index contributed by atoms with van der Waals surface area (Å²) >= 11 is 3.55. The molecular weight excluding hydrogens is 356 g/mol. The van der Waals surface area contributed by atoms with Gasteiger partial charge >= 0.3 is 5.97 Å². The monoisotopic (exact) mass is 370 g/mol. The van der Waals surface area contributed by atoms with Gasteiger partial charge in [0.25, 0.3) is 0 Å². The maximum absolute atomic E-state index is 12.0. The van der Waals surface area contributed by atoms with E-state index in [4.69, 9.17) is 4.84 Å². The zero-order chi connectivity index (χ0) is 16.4. The number of hydrogen-bond acceptors (Lipinski definition) is 4. The maximum atomic E-state index is 12.0. The van der Waals surface area contributed by atoms with Crippen LogP contribution in [-0.2, 0) is 9.63 Å². The van der Waals surface area contributed by atoms with E-state index >= 15 is 0 Å². The quantitative estimate of drug-likeness (QED) is 0.608. The van der Waals surface area contributed by atoms with Crippen LogP contribution >= 0.6 is 15.9 Å². The molecule has 2 aromatic rings. The van der Waals surface area contributed by atoms with Crippen LogP contribution in [0.2, 0.25) is 0 Å². The van der Waals surface area contributed by atoms with E-state index in [0.717, 1.165) is 21.3 Å². The number of carbonyl (C=O) groups is 1. The van der Waals surface area contributed by atoms with Crippen LogP contribution in [-0.4, -0.2) is 25.8 Å². The average molecular weight is 371 g/mol. The van der Waals surface area contributed by atoms with Gasteiger partial charge in [0, 0.05) is 24.1 Å². The van der Waals surface area contributed by atoms with E-state index < -0.39 is 5.97 Å². The SMILES string of the molecule is CN(C)c1ccc(/C=C2\C(=O)ON=C2c2ccccc2)cc1Br. The molecule has 23 heavy (non-hydrogen) atoms. The van der Waals surface area contributed by atoms with Crippen molar-refractivity contribution in [2.45, 2.75) is 0 Å². The fourth-order valence-corrected chi connectivity index (χ4v) is 3.11. The topological polar surface area (TPSA) is 41.9 Å². The predicted octanol–water partition coefficient (Wildman–Crippen LogP) is 3.86. The van der Waals surface area contributed by atoms with Crippen LogP contribution in [0.4, 0.5) is 5.69 Å². The van der Waals surface area contributed by atoms with Crippen LogP contribution in [0.5, 0.6) is 0 Å². The number of carbonyl (C=O) groups excluding carboxylic acids is 1. The van der Waals surface area contributed by atoms with Crippen molar-refractivity contribution in [2.24, 2.45) is 5.16 Å². The highest BCUT2D eigenvalue weighted by atomic mass is 79.9. The molecule has 3 rings (SSSR count). The standard InChI is InChI=1S/C18H15BrN2O2/c1-21(2)16-9-8-12(11-15(16)19)10-14-17(20-23-18(14)22)13-6-4-3-5-7-13/h3-11H,1-2H3/b14-10-. The Morgan fingerprint density at radius 2 is 1.87 bits per heavy atom. The number of hydrogen-bond donors (Lipinski definition) is 0. The Morgan fingerprint density at radius 1 is 1.13 bits per heavy atom. The molecule has 5 heteroatoms. The van der Waals surface area contributed by atoms with Crippen molar-refractivity contribution in [1.29, 1.82) is 0 Å². The van der Waals surface area contributed by atoms with Crippen LogP contribution in [0.15, 0.2) is 63.7 Å². The Labute approximate surface area is 143 Å². The summed E-state index contributed by atoms with van der Waals surface area (Å²) in [7, 11) is 3.96. The average Bonchev–Trinajstić information content (AvgIpc) is 2.89. The molecule has 1 aliphatic heterocycles. The summed E-state index contributed by atoms with van der Waals surface area (Å²) < 4.78 is 0.960. The third-order valence-electron chi connectivity index (χ3n) is 3.51. The maximum Gasteiger partial charge on any atom is 0.368 e. The summed E-state index contributed by atoms with van der Waals surface area (Å²) in [6.45, 7) is 0. The second kappa shape index (κ2) is 6.38. The molecule has 1 aliphatic rings. The third kappa shape index (κ3) is 3.19. The van der Waals surface area contributed by atoms with Crippen molar-refractivity contribution in [3.8, 4) is 0 Å². The Balaban J connectivity index is 1.99. The molecule has 0 saturated carbocycles. The van der Waals surface area contributed by atoms with Crippen LogP contribution in [0, 0.1) is 0 Å². The van der Waals surface area contributed by atoms with Gasteiger partial charge in [-0.15, -0.1) is 0 Å². The van der Waals surface area contributed by atoms with E-state index in [0.29, 0.717) is 11.3 Å². The van der Waals surface area contributed by atoms with E-state index in [1.54, 1.807) is 6.08 Å². The zero-order valence-corrected chi connectivity index (χ0v) is 14.4. The predicted molar refractivity (Wildman–Crippen MR) is 95.5 cm³/mol. The van der Waals surface area contributed by atoms with E-state index in [1.165, 1.54) is 0 Å². The molecule has 0 N–H and O–H groups in total. The van der Waals surface area contributed by atoms with E-state index in [9.17, 15) is 4.79 Å². The molecule has 0 saturated heterocycles. The van der Waals surface area contributed by atoms with Gasteiger partial charge in [-0.25, -0.2) is 4.79 Å². The largest absolute Gasteiger partial charge is 0.377 e. The molecule has 1 heterocycles. The van der Waals surface area contributed by atoms with Gasteiger partial charge in [0.15, 0.2) is 0 Å². The molecule has 0 bridgehead atoms. The highest BCUT2D eigenvalue weighted by Crippen LogP contribution is 2.28. The zero-order valence-electron chi connectivity index (χ0n) is 12.8. The van der Waals surface area contributed by atoms with Crippen molar-refractivity contribution >= 4 is 39.4 Å². The van der Waals surface area contributed by atoms with Gasteiger partial charge in [-0.05, 0) is 39.7 Å². The summed E-state index contributed by atoms with van der Waals surface area (Å²) in [6, 6.07) is 15.5. The molecule has 2 aromatic carbocycles. The van der Waals surface area contributed by atoms with Crippen molar-refractivity contribution < 1.29 is 9.63 Å². The lowest BCUT2D eigenvalue weighted by atomic mass is 10.0. The highest BCUT2D eigenvalue weighted by molar-refractivity contribution is 9.10. The van der Waals surface area contributed by atoms with Gasteiger partial charge in [-0.1, -0.05) is 41.6 Å². The van der Waals surface area contributed by atoms with Gasteiger partial charge in [-0.3, -0.25) is 0 Å². The van der Waals surface area contributed by atoms with E-state index in [1.807, 2.05) is 67.5 Å². The second-order valence-corrected chi connectivity index (χ2v) is 6.20. The number of rotatable bonds is 3. The van der Waals surface area contributed by atoms with Crippen molar-refractivity contribution in [3.63, 3.8) is 0 Å². The number of anilines is 1. The minimum atomic E-state index is -0.434. The van der Waals surface area contributed by atoms with Crippen LogP contribution in [0.25, 0.3) is 6.08 Å². The van der Waals surface area contributed by atoms with Crippen molar-refractivity contribution in [1.82, 2.24) is 0 Å². The first-order chi connectivity index (χ1) is 11.1. The van der Waals surface area contributed by atoms with Gasteiger partial charge < -0.3 is 9.74 Å². The van der Waals surface area contributed by atoms with Gasteiger partial charge in [0.2, 0.25) is 0 Å². The first-order valence-corrected chi connectivity index (χ1v) is 7.89. The third-order valence-corrected chi connectivity index (χ3v) is 4.14. The summed E-state index contributed by atoms with van der Waals surface area (Å²) in [5, 5.41) is 3.91. The van der Waals surface area contributed by atoms with Crippen molar-refractivity contribution in [2.75, 3.05) is 19.0 Å². The molecule has 0 spiro atoms. The molecule has 0 radical (unpaired) electrons. The lowest BCUT2D eigenvalue weighted by Crippen LogP contribution is -2.09. The van der Waals surface area contributed by atoms with Crippen LogP contribution in [0.3, 0.4) is 0 Å². The van der Waals surface area contributed by atoms with E-state index in [2.05, 4.69) is 21.1 Å². The molecule has 4 nitrogen and oxygen atoms in total.